The van der Waals surface area contributed by atoms with Crippen molar-refractivity contribution >= 4 is 10.1 Å². The van der Waals surface area contributed by atoms with Crippen LogP contribution in [0.4, 0.5) is 0 Å². The van der Waals surface area contributed by atoms with E-state index >= 15 is 0 Å². The summed E-state index contributed by atoms with van der Waals surface area (Å²) in [7, 11) is -3.34. The van der Waals surface area contributed by atoms with Crippen LogP contribution in [0.5, 0.6) is 0 Å². The molecule has 0 aliphatic carbocycles. The molecule has 1 aromatic rings. The second-order valence-electron chi connectivity index (χ2n) is 4.45. The molecule has 1 heterocycles. The predicted molar refractivity (Wildman–Crippen MR) is 66.3 cm³/mol. The molecule has 1 saturated heterocycles. The lowest BCUT2D eigenvalue weighted by Crippen LogP contribution is -2.24. The van der Waals surface area contributed by atoms with Gasteiger partial charge in [-0.2, -0.15) is 8.42 Å². The van der Waals surface area contributed by atoms with Crippen LogP contribution in [0.3, 0.4) is 0 Å². The van der Waals surface area contributed by atoms with Gasteiger partial charge in [-0.15, -0.1) is 0 Å². The third kappa shape index (κ3) is 4.11. The molecule has 1 aromatic carbocycles. The summed E-state index contributed by atoms with van der Waals surface area (Å²) in [6, 6.07) is 10.5. The van der Waals surface area contributed by atoms with Gasteiger partial charge >= 0.3 is 0 Å². The summed E-state index contributed by atoms with van der Waals surface area (Å²) < 4.78 is 27.0. The topological polar surface area (TPSA) is 55.4 Å². The van der Waals surface area contributed by atoms with Crippen molar-refractivity contribution in [2.24, 2.45) is 0 Å². The van der Waals surface area contributed by atoms with Gasteiger partial charge in [-0.25, -0.2) is 0 Å². The molecule has 1 fully saturated rings. The highest BCUT2D eigenvalue weighted by Crippen LogP contribution is 2.16. The summed E-state index contributed by atoms with van der Waals surface area (Å²) in [5.41, 5.74) is 1.25. The maximum absolute atomic E-state index is 11.0. The molecule has 0 radical (unpaired) electrons. The zero-order chi connectivity index (χ0) is 12.3. The highest BCUT2D eigenvalue weighted by molar-refractivity contribution is 7.86. The molecule has 4 nitrogen and oxygen atoms in total. The van der Waals surface area contributed by atoms with Gasteiger partial charge in [-0.3, -0.25) is 4.18 Å². The lowest BCUT2D eigenvalue weighted by Gasteiger charge is -2.10. The fourth-order valence-electron chi connectivity index (χ4n) is 2.16. The Morgan fingerprint density at radius 3 is 2.71 bits per heavy atom. The lowest BCUT2D eigenvalue weighted by molar-refractivity contribution is 0.229. The smallest absolute Gasteiger partial charge is 0.264 e. The zero-order valence-corrected chi connectivity index (χ0v) is 10.6. The van der Waals surface area contributed by atoms with Crippen molar-refractivity contribution in [2.75, 3.05) is 12.8 Å². The van der Waals surface area contributed by atoms with Gasteiger partial charge in [0.2, 0.25) is 0 Å². The fourth-order valence-corrected chi connectivity index (χ4v) is 2.80. The van der Waals surface area contributed by atoms with Crippen LogP contribution in [0.1, 0.15) is 12.0 Å². The largest absolute Gasteiger partial charge is 0.311 e. The van der Waals surface area contributed by atoms with E-state index in [9.17, 15) is 8.42 Å². The third-order valence-corrected chi connectivity index (χ3v) is 3.44. The van der Waals surface area contributed by atoms with Crippen LogP contribution in [0, 0.1) is 0 Å². The molecule has 2 atom stereocenters. The molecule has 1 aliphatic rings. The minimum atomic E-state index is -3.34. The van der Waals surface area contributed by atoms with E-state index in [1.54, 1.807) is 0 Å². The van der Waals surface area contributed by atoms with Crippen molar-refractivity contribution in [1.29, 1.82) is 0 Å². The van der Waals surface area contributed by atoms with Gasteiger partial charge in [-0.05, 0) is 18.4 Å². The van der Waals surface area contributed by atoms with E-state index in [2.05, 4.69) is 17.4 Å². The quantitative estimate of drug-likeness (QED) is 0.813. The standard InChI is InChI=1S/C12H17NO3S/c1-17(14,15)16-12-8-11(13-9-12)7-10-5-3-2-4-6-10/h2-6,11-13H,7-9H2,1H3/t11?,12-/m1/s1. The first-order chi connectivity index (χ1) is 8.03. The Morgan fingerprint density at radius 2 is 2.06 bits per heavy atom. The van der Waals surface area contributed by atoms with Gasteiger partial charge < -0.3 is 5.32 Å². The Balaban J connectivity index is 1.86. The normalized spacial score (nSPS) is 25.0. The summed E-state index contributed by atoms with van der Waals surface area (Å²) in [5.74, 6) is 0. The van der Waals surface area contributed by atoms with Crippen molar-refractivity contribution in [3.05, 3.63) is 35.9 Å². The number of hydrogen-bond acceptors (Lipinski definition) is 4. The molecule has 1 unspecified atom stereocenters. The van der Waals surface area contributed by atoms with E-state index in [-0.39, 0.29) is 6.10 Å². The van der Waals surface area contributed by atoms with Crippen molar-refractivity contribution in [1.82, 2.24) is 5.32 Å². The van der Waals surface area contributed by atoms with Crippen LogP contribution in [-0.2, 0) is 20.7 Å². The summed E-state index contributed by atoms with van der Waals surface area (Å²) >= 11 is 0. The molecule has 0 amide bonds. The monoisotopic (exact) mass is 255 g/mol. The number of rotatable bonds is 4. The van der Waals surface area contributed by atoms with Crippen LogP contribution in [-0.4, -0.2) is 33.4 Å². The Labute approximate surface area is 102 Å². The first-order valence-electron chi connectivity index (χ1n) is 5.68. The minimum absolute atomic E-state index is 0.223. The van der Waals surface area contributed by atoms with E-state index in [0.717, 1.165) is 19.1 Å². The van der Waals surface area contributed by atoms with Gasteiger partial charge in [0.05, 0.1) is 12.4 Å². The minimum Gasteiger partial charge on any atom is -0.311 e. The summed E-state index contributed by atoms with van der Waals surface area (Å²) in [5, 5.41) is 3.29. The Hall–Kier alpha value is -0.910. The Morgan fingerprint density at radius 1 is 1.35 bits per heavy atom. The molecule has 17 heavy (non-hydrogen) atoms. The van der Waals surface area contributed by atoms with E-state index in [1.165, 1.54) is 5.56 Å². The van der Waals surface area contributed by atoms with Crippen LogP contribution >= 0.6 is 0 Å². The molecule has 1 aliphatic heterocycles. The van der Waals surface area contributed by atoms with Gasteiger partial charge in [0.1, 0.15) is 0 Å². The molecule has 1 N–H and O–H groups in total. The zero-order valence-electron chi connectivity index (χ0n) is 9.80. The second-order valence-corrected chi connectivity index (χ2v) is 6.05. The summed E-state index contributed by atoms with van der Waals surface area (Å²) in [6.45, 7) is 0.602. The van der Waals surface area contributed by atoms with Gasteiger partial charge in [0, 0.05) is 12.6 Å². The Kier molecular flexibility index (Phi) is 3.81. The molecule has 2 rings (SSSR count). The molecule has 0 spiro atoms. The average molecular weight is 255 g/mol. The Bertz CT molecular complexity index is 458. The second kappa shape index (κ2) is 5.16. The molecule has 94 valence electrons. The average Bonchev–Trinajstić information content (AvgIpc) is 2.64. The number of hydrogen-bond donors (Lipinski definition) is 1. The predicted octanol–water partition coefficient (Wildman–Crippen LogP) is 0.936. The lowest BCUT2D eigenvalue weighted by atomic mass is 10.0. The number of benzene rings is 1. The first-order valence-corrected chi connectivity index (χ1v) is 7.50. The van der Waals surface area contributed by atoms with Crippen LogP contribution < -0.4 is 5.32 Å². The molecule has 0 saturated carbocycles. The fraction of sp³-hybridized carbons (Fsp3) is 0.500. The van der Waals surface area contributed by atoms with Crippen LogP contribution in [0.25, 0.3) is 0 Å². The highest BCUT2D eigenvalue weighted by Gasteiger charge is 2.27. The van der Waals surface area contributed by atoms with E-state index in [0.29, 0.717) is 12.6 Å². The van der Waals surface area contributed by atoms with Gasteiger partial charge in [0.15, 0.2) is 0 Å². The maximum atomic E-state index is 11.0. The molecule has 5 heteroatoms. The highest BCUT2D eigenvalue weighted by atomic mass is 32.2. The van der Waals surface area contributed by atoms with E-state index < -0.39 is 10.1 Å². The van der Waals surface area contributed by atoms with Gasteiger partial charge in [0.25, 0.3) is 10.1 Å². The van der Waals surface area contributed by atoms with Crippen molar-refractivity contribution in [2.45, 2.75) is 25.0 Å². The number of nitrogens with one attached hydrogen (secondary N) is 1. The van der Waals surface area contributed by atoms with E-state index in [4.69, 9.17) is 4.18 Å². The van der Waals surface area contributed by atoms with Crippen molar-refractivity contribution in [3.8, 4) is 0 Å². The maximum Gasteiger partial charge on any atom is 0.264 e. The van der Waals surface area contributed by atoms with Crippen molar-refractivity contribution < 1.29 is 12.6 Å². The van der Waals surface area contributed by atoms with Crippen LogP contribution in [0.2, 0.25) is 0 Å². The van der Waals surface area contributed by atoms with Crippen LogP contribution in [0.15, 0.2) is 30.3 Å². The van der Waals surface area contributed by atoms with Crippen molar-refractivity contribution in [3.63, 3.8) is 0 Å². The van der Waals surface area contributed by atoms with E-state index in [1.807, 2.05) is 18.2 Å². The first kappa shape index (κ1) is 12.5. The summed E-state index contributed by atoms with van der Waals surface area (Å²) in [6.07, 6.45) is 2.52. The molecular formula is C12H17NO3S. The molecule has 0 bridgehead atoms. The molecule has 0 aromatic heterocycles. The third-order valence-electron chi connectivity index (χ3n) is 2.82. The van der Waals surface area contributed by atoms with Gasteiger partial charge in [-0.1, -0.05) is 30.3 Å². The molecular weight excluding hydrogens is 238 g/mol. The summed E-state index contributed by atoms with van der Waals surface area (Å²) in [4.78, 5) is 0. The SMILES string of the molecule is CS(=O)(=O)O[C@H]1CNC(Cc2ccccc2)C1.